The number of piperidine rings is 1. The second-order valence-corrected chi connectivity index (χ2v) is 10.8. The number of benzene rings is 3. The molecule has 1 aromatic heterocycles. The van der Waals surface area contributed by atoms with Gasteiger partial charge in [-0.3, -0.25) is 14.5 Å². The van der Waals surface area contributed by atoms with Crippen LogP contribution in [0.15, 0.2) is 54.6 Å². The first-order chi connectivity index (χ1) is 18.9. The largest absolute Gasteiger partial charge is 0.497 e. The molecule has 8 heteroatoms. The number of nitrogens with zero attached hydrogens (tertiary/aromatic N) is 3. The van der Waals surface area contributed by atoms with Crippen LogP contribution >= 0.6 is 0 Å². The minimum atomic E-state index is -0.504. The second-order valence-electron chi connectivity index (χ2n) is 10.8. The predicted molar refractivity (Wildman–Crippen MR) is 154 cm³/mol. The Kier molecular flexibility index (Phi) is 6.74. The molecule has 0 unspecified atom stereocenters. The van der Waals surface area contributed by atoms with Crippen molar-refractivity contribution in [3.8, 4) is 16.9 Å². The third-order valence-electron chi connectivity index (χ3n) is 8.43. The normalized spacial score (nSPS) is 17.6. The fraction of sp³-hybridized carbons (Fsp3) is 0.355. The number of aromatic amines is 1. The Morgan fingerprint density at radius 1 is 0.897 bits per heavy atom. The van der Waals surface area contributed by atoms with Gasteiger partial charge in [-0.2, -0.15) is 0 Å². The van der Waals surface area contributed by atoms with E-state index in [0.29, 0.717) is 22.7 Å². The molecule has 3 heterocycles. The molecule has 0 spiro atoms. The Labute approximate surface area is 228 Å². The summed E-state index contributed by atoms with van der Waals surface area (Å²) in [4.78, 5) is 36.2. The van der Waals surface area contributed by atoms with Crippen molar-refractivity contribution in [2.45, 2.75) is 18.9 Å². The molecule has 6 rings (SSSR count). The summed E-state index contributed by atoms with van der Waals surface area (Å²) in [5.41, 5.74) is 10.2. The van der Waals surface area contributed by atoms with Crippen LogP contribution in [0.1, 0.15) is 33.6 Å². The molecule has 0 atom stereocenters. The summed E-state index contributed by atoms with van der Waals surface area (Å²) in [6, 6.07) is 17.9. The Bertz CT molecular complexity index is 1540. The van der Waals surface area contributed by atoms with Gasteiger partial charge in [0.1, 0.15) is 5.75 Å². The van der Waals surface area contributed by atoms with E-state index in [1.807, 2.05) is 53.4 Å². The van der Waals surface area contributed by atoms with E-state index >= 15 is 0 Å². The molecule has 3 N–H and O–H groups in total. The highest BCUT2D eigenvalue weighted by molar-refractivity contribution is 6.17. The van der Waals surface area contributed by atoms with Gasteiger partial charge in [-0.25, -0.2) is 0 Å². The average molecular weight is 526 g/mol. The zero-order valence-electron chi connectivity index (χ0n) is 22.6. The van der Waals surface area contributed by atoms with E-state index in [9.17, 15) is 9.59 Å². The predicted octanol–water partition coefficient (Wildman–Crippen LogP) is 3.95. The Balaban J connectivity index is 1.27. The van der Waals surface area contributed by atoms with Crippen LogP contribution in [-0.2, 0) is 0 Å². The first-order valence-corrected chi connectivity index (χ1v) is 13.7. The summed E-state index contributed by atoms with van der Waals surface area (Å²) in [6.45, 7) is 5.99. The average Bonchev–Trinajstić information content (AvgIpc) is 3.34. The van der Waals surface area contributed by atoms with Gasteiger partial charge < -0.3 is 25.3 Å². The second kappa shape index (κ2) is 10.4. The number of piperazine rings is 1. The lowest BCUT2D eigenvalue weighted by atomic mass is 9.98. The number of likely N-dealkylation sites (tertiary alicyclic amines) is 1. The molecule has 0 radical (unpaired) electrons. The van der Waals surface area contributed by atoms with Crippen molar-refractivity contribution in [3.05, 3.63) is 65.7 Å². The number of methoxy groups -OCH3 is 1. The number of carbonyl (C=O) groups excluding carboxylic acids is 2. The van der Waals surface area contributed by atoms with Crippen LogP contribution in [0.4, 0.5) is 0 Å². The van der Waals surface area contributed by atoms with Gasteiger partial charge in [-0.05, 0) is 67.4 Å². The molecule has 2 saturated heterocycles. The number of aromatic nitrogens is 1. The van der Waals surface area contributed by atoms with Crippen LogP contribution < -0.4 is 10.5 Å². The third-order valence-corrected chi connectivity index (χ3v) is 8.43. The highest BCUT2D eigenvalue weighted by Crippen LogP contribution is 2.34. The number of nitrogens with one attached hydrogen (secondary N) is 1. The molecule has 0 aliphatic carbocycles. The van der Waals surface area contributed by atoms with Crippen molar-refractivity contribution >= 4 is 33.6 Å². The number of ether oxygens (including phenoxy) is 1. The first-order valence-electron chi connectivity index (χ1n) is 13.7. The Morgan fingerprint density at radius 2 is 1.67 bits per heavy atom. The van der Waals surface area contributed by atoms with E-state index in [1.165, 1.54) is 0 Å². The van der Waals surface area contributed by atoms with Gasteiger partial charge in [0.05, 0.1) is 18.2 Å². The molecule has 2 fully saturated rings. The molecule has 202 valence electrons. The number of likely N-dealkylation sites (N-methyl/N-ethyl adjacent to an activating group) is 1. The summed E-state index contributed by atoms with van der Waals surface area (Å²) in [7, 11) is 3.81. The molecule has 39 heavy (non-hydrogen) atoms. The molecule has 0 saturated carbocycles. The number of fused-ring (bicyclic) bond motifs is 3. The summed E-state index contributed by atoms with van der Waals surface area (Å²) in [6.07, 6.45) is 2.03. The molecule has 8 nitrogen and oxygen atoms in total. The lowest BCUT2D eigenvalue weighted by molar-refractivity contribution is 0.0519. The van der Waals surface area contributed by atoms with Crippen LogP contribution in [0.5, 0.6) is 5.75 Å². The maximum absolute atomic E-state index is 13.5. The molecule has 2 amide bonds. The molecule has 4 aromatic rings. The molecule has 0 bridgehead atoms. The number of hydrogen-bond acceptors (Lipinski definition) is 5. The Morgan fingerprint density at radius 3 is 2.38 bits per heavy atom. The minimum Gasteiger partial charge on any atom is -0.497 e. The van der Waals surface area contributed by atoms with Crippen molar-refractivity contribution in [2.24, 2.45) is 5.73 Å². The van der Waals surface area contributed by atoms with E-state index < -0.39 is 5.91 Å². The number of amides is 2. The fourth-order valence-electron chi connectivity index (χ4n) is 6.11. The maximum Gasteiger partial charge on any atom is 0.253 e. The van der Waals surface area contributed by atoms with E-state index in [4.69, 9.17) is 10.5 Å². The number of primary amides is 1. The van der Waals surface area contributed by atoms with Crippen LogP contribution in [0.2, 0.25) is 0 Å². The van der Waals surface area contributed by atoms with Gasteiger partial charge in [0.2, 0.25) is 0 Å². The van der Waals surface area contributed by atoms with E-state index in [1.54, 1.807) is 7.11 Å². The van der Waals surface area contributed by atoms with Crippen molar-refractivity contribution in [1.82, 2.24) is 19.7 Å². The minimum absolute atomic E-state index is 0.0552. The zero-order chi connectivity index (χ0) is 27.1. The monoisotopic (exact) mass is 525 g/mol. The molecule has 2 aliphatic rings. The molecule has 2 aliphatic heterocycles. The zero-order valence-corrected chi connectivity index (χ0v) is 22.6. The molecule has 3 aromatic carbocycles. The van der Waals surface area contributed by atoms with Crippen LogP contribution in [0, 0.1) is 0 Å². The van der Waals surface area contributed by atoms with Gasteiger partial charge in [0.15, 0.2) is 0 Å². The van der Waals surface area contributed by atoms with Crippen LogP contribution in [0.25, 0.3) is 32.9 Å². The van der Waals surface area contributed by atoms with Crippen LogP contribution in [0.3, 0.4) is 0 Å². The van der Waals surface area contributed by atoms with Gasteiger partial charge in [-0.1, -0.05) is 18.2 Å². The summed E-state index contributed by atoms with van der Waals surface area (Å²) in [5, 5.41) is 1.84. The highest BCUT2D eigenvalue weighted by Gasteiger charge is 2.29. The summed E-state index contributed by atoms with van der Waals surface area (Å²) >= 11 is 0. The standard InChI is InChI=1S/C31H35N5O3/c1-34-12-14-35(15-13-34)23-8-10-36(11-9-23)31(38)21-6-7-25-26-17-22(20-4-3-5-24(16-20)39-2)18-27(30(32)37)29(26)33-28(25)19-21/h3-7,16-19,23,33H,8-15H2,1-2H3,(H2,32,37). The summed E-state index contributed by atoms with van der Waals surface area (Å²) in [5.74, 6) is 0.290. The molecular formula is C31H35N5O3. The number of carbonyl (C=O) groups is 2. The molecular weight excluding hydrogens is 490 g/mol. The first kappa shape index (κ1) is 25.4. The lowest BCUT2D eigenvalue weighted by Gasteiger charge is -2.42. The van der Waals surface area contributed by atoms with E-state index in [2.05, 4.69) is 27.9 Å². The van der Waals surface area contributed by atoms with Crippen molar-refractivity contribution in [2.75, 3.05) is 53.4 Å². The number of rotatable bonds is 5. The fourth-order valence-corrected chi connectivity index (χ4v) is 6.11. The topological polar surface area (TPSA) is 94.9 Å². The van der Waals surface area contributed by atoms with Crippen molar-refractivity contribution in [1.29, 1.82) is 0 Å². The number of H-pyrrole nitrogens is 1. The summed E-state index contributed by atoms with van der Waals surface area (Å²) < 4.78 is 5.39. The number of nitrogens with two attached hydrogens (primary N) is 1. The van der Waals surface area contributed by atoms with Crippen molar-refractivity contribution < 1.29 is 14.3 Å². The smallest absolute Gasteiger partial charge is 0.253 e. The van der Waals surface area contributed by atoms with Crippen molar-refractivity contribution in [3.63, 3.8) is 0 Å². The van der Waals surface area contributed by atoms with Crippen LogP contribution in [-0.4, -0.2) is 91.0 Å². The van der Waals surface area contributed by atoms with Gasteiger partial charge in [0.25, 0.3) is 11.8 Å². The third kappa shape index (κ3) is 4.86. The highest BCUT2D eigenvalue weighted by atomic mass is 16.5. The van der Waals surface area contributed by atoms with Gasteiger partial charge >= 0.3 is 0 Å². The quantitative estimate of drug-likeness (QED) is 0.412. The van der Waals surface area contributed by atoms with E-state index in [0.717, 1.165) is 85.3 Å². The van der Waals surface area contributed by atoms with E-state index in [-0.39, 0.29) is 5.91 Å². The van der Waals surface area contributed by atoms with Gasteiger partial charge in [0, 0.05) is 67.2 Å². The SMILES string of the molecule is COc1cccc(-c2cc(C(N)=O)c3[nH]c4cc(C(=O)N5CCC(N6CCN(C)CC6)CC5)ccc4c3c2)c1. The maximum atomic E-state index is 13.5. The number of hydrogen-bond donors (Lipinski definition) is 2. The Hall–Kier alpha value is -3.88. The lowest BCUT2D eigenvalue weighted by Crippen LogP contribution is -2.52. The van der Waals surface area contributed by atoms with Gasteiger partial charge in [-0.15, -0.1) is 0 Å².